The molecule has 6 heteroatoms. The number of esters is 1. The summed E-state index contributed by atoms with van der Waals surface area (Å²) in [7, 11) is 1.48. The van der Waals surface area contributed by atoms with Crippen molar-refractivity contribution in [2.45, 2.75) is 26.9 Å². The number of benzene rings is 2. The van der Waals surface area contributed by atoms with Gasteiger partial charge >= 0.3 is 5.97 Å². The smallest absolute Gasteiger partial charge is 0.331 e. The molecule has 2 aromatic rings. The monoisotopic (exact) mass is 387 g/mol. The lowest BCUT2D eigenvalue weighted by Gasteiger charge is -2.15. The third kappa shape index (κ3) is 5.86. The van der Waals surface area contributed by atoms with E-state index in [1.807, 2.05) is 38.1 Å². The SMILES string of the molecule is COc1cc(Cl)c(C)cc1NC(=O)[C@H](C)OC(=O)/C=C/c1ccc(C)cc1. The molecule has 1 N–H and O–H groups in total. The molecule has 0 aliphatic rings. The molecule has 142 valence electrons. The van der Waals surface area contributed by atoms with E-state index < -0.39 is 18.0 Å². The first kappa shape index (κ1) is 20.5. The van der Waals surface area contributed by atoms with Gasteiger partial charge in [-0.25, -0.2) is 4.79 Å². The Labute approximate surface area is 163 Å². The molecule has 2 aromatic carbocycles. The molecule has 2 rings (SSSR count). The Hall–Kier alpha value is -2.79. The van der Waals surface area contributed by atoms with Crippen LogP contribution in [0.3, 0.4) is 0 Å². The maximum Gasteiger partial charge on any atom is 0.331 e. The van der Waals surface area contributed by atoms with Crippen LogP contribution in [0.15, 0.2) is 42.5 Å². The molecule has 0 aliphatic carbocycles. The number of carbonyl (C=O) groups is 2. The fourth-order valence-corrected chi connectivity index (χ4v) is 2.43. The average molecular weight is 388 g/mol. The highest BCUT2D eigenvalue weighted by Crippen LogP contribution is 2.31. The predicted molar refractivity (Wildman–Crippen MR) is 107 cm³/mol. The van der Waals surface area contributed by atoms with Gasteiger partial charge in [0, 0.05) is 17.2 Å². The van der Waals surface area contributed by atoms with Crippen LogP contribution in [0, 0.1) is 13.8 Å². The summed E-state index contributed by atoms with van der Waals surface area (Å²) in [6, 6.07) is 11.0. The van der Waals surface area contributed by atoms with Crippen molar-refractivity contribution in [1.82, 2.24) is 0 Å². The van der Waals surface area contributed by atoms with Gasteiger partial charge in [-0.1, -0.05) is 41.4 Å². The molecule has 0 heterocycles. The minimum Gasteiger partial charge on any atom is -0.495 e. The van der Waals surface area contributed by atoms with Crippen molar-refractivity contribution in [3.8, 4) is 5.75 Å². The van der Waals surface area contributed by atoms with Gasteiger partial charge in [-0.2, -0.15) is 0 Å². The highest BCUT2D eigenvalue weighted by atomic mass is 35.5. The highest BCUT2D eigenvalue weighted by Gasteiger charge is 2.19. The lowest BCUT2D eigenvalue weighted by Crippen LogP contribution is -2.29. The van der Waals surface area contributed by atoms with Gasteiger partial charge in [0.2, 0.25) is 0 Å². The van der Waals surface area contributed by atoms with Gasteiger partial charge in [-0.05, 0) is 44.0 Å². The van der Waals surface area contributed by atoms with Crippen molar-refractivity contribution in [2.75, 3.05) is 12.4 Å². The molecule has 1 amide bonds. The van der Waals surface area contributed by atoms with Crippen LogP contribution in [0.2, 0.25) is 5.02 Å². The Morgan fingerprint density at radius 3 is 2.44 bits per heavy atom. The third-order valence-corrected chi connectivity index (χ3v) is 4.30. The fourth-order valence-electron chi connectivity index (χ4n) is 2.27. The van der Waals surface area contributed by atoms with Crippen molar-refractivity contribution in [1.29, 1.82) is 0 Å². The van der Waals surface area contributed by atoms with Crippen LogP contribution in [0.5, 0.6) is 5.75 Å². The second kappa shape index (κ2) is 9.24. The van der Waals surface area contributed by atoms with Gasteiger partial charge < -0.3 is 14.8 Å². The van der Waals surface area contributed by atoms with Crippen molar-refractivity contribution in [3.63, 3.8) is 0 Å². The van der Waals surface area contributed by atoms with Gasteiger partial charge in [0.1, 0.15) is 5.75 Å². The lowest BCUT2D eigenvalue weighted by atomic mass is 10.1. The number of anilines is 1. The number of amides is 1. The maximum atomic E-state index is 12.3. The zero-order valence-corrected chi connectivity index (χ0v) is 16.5. The van der Waals surface area contributed by atoms with Crippen LogP contribution >= 0.6 is 11.6 Å². The van der Waals surface area contributed by atoms with E-state index in [1.165, 1.54) is 20.1 Å². The summed E-state index contributed by atoms with van der Waals surface area (Å²) in [5.74, 6) is -0.638. The van der Waals surface area contributed by atoms with E-state index in [0.29, 0.717) is 16.5 Å². The zero-order chi connectivity index (χ0) is 20.0. The number of aryl methyl sites for hydroxylation is 2. The summed E-state index contributed by atoms with van der Waals surface area (Å²) < 4.78 is 10.4. The van der Waals surface area contributed by atoms with E-state index in [0.717, 1.165) is 16.7 Å². The maximum absolute atomic E-state index is 12.3. The number of nitrogens with one attached hydrogen (secondary N) is 1. The number of hydrogen-bond acceptors (Lipinski definition) is 4. The summed E-state index contributed by atoms with van der Waals surface area (Å²) in [6.07, 6.45) is 1.96. The van der Waals surface area contributed by atoms with E-state index in [9.17, 15) is 9.59 Å². The number of rotatable bonds is 6. The van der Waals surface area contributed by atoms with Gasteiger partial charge in [0.15, 0.2) is 6.10 Å². The van der Waals surface area contributed by atoms with Crippen LogP contribution in [0.1, 0.15) is 23.6 Å². The molecule has 27 heavy (non-hydrogen) atoms. The molecule has 0 fully saturated rings. The molecular formula is C21H22ClNO4. The minimum absolute atomic E-state index is 0.428. The van der Waals surface area contributed by atoms with Crippen molar-refractivity contribution in [3.05, 3.63) is 64.2 Å². The van der Waals surface area contributed by atoms with Gasteiger partial charge in [-0.3, -0.25) is 4.79 Å². The summed E-state index contributed by atoms with van der Waals surface area (Å²) >= 11 is 6.06. The highest BCUT2D eigenvalue weighted by molar-refractivity contribution is 6.31. The van der Waals surface area contributed by atoms with Gasteiger partial charge in [-0.15, -0.1) is 0 Å². The Kier molecular flexibility index (Phi) is 7.02. The van der Waals surface area contributed by atoms with Crippen molar-refractivity contribution in [2.24, 2.45) is 0 Å². The number of hydrogen-bond donors (Lipinski definition) is 1. The fraction of sp³-hybridized carbons (Fsp3) is 0.238. The van der Waals surface area contributed by atoms with Gasteiger partial charge in [0.25, 0.3) is 5.91 Å². The Morgan fingerprint density at radius 1 is 1.15 bits per heavy atom. The quantitative estimate of drug-likeness (QED) is 0.583. The summed E-state index contributed by atoms with van der Waals surface area (Å²) in [6.45, 7) is 5.30. The molecule has 0 bridgehead atoms. The third-order valence-electron chi connectivity index (χ3n) is 3.89. The molecule has 0 radical (unpaired) electrons. The number of carbonyl (C=O) groups excluding carboxylic acids is 2. The second-order valence-corrected chi connectivity index (χ2v) is 6.52. The van der Waals surface area contributed by atoms with Gasteiger partial charge in [0.05, 0.1) is 12.8 Å². The molecule has 5 nitrogen and oxygen atoms in total. The average Bonchev–Trinajstić information content (AvgIpc) is 2.63. The van der Waals surface area contributed by atoms with Crippen LogP contribution in [0.25, 0.3) is 6.08 Å². The zero-order valence-electron chi connectivity index (χ0n) is 15.7. The van der Waals surface area contributed by atoms with E-state index in [1.54, 1.807) is 18.2 Å². The van der Waals surface area contributed by atoms with Crippen LogP contribution in [-0.4, -0.2) is 25.1 Å². The predicted octanol–water partition coefficient (Wildman–Crippen LogP) is 4.55. The number of methoxy groups -OCH3 is 1. The largest absolute Gasteiger partial charge is 0.495 e. The van der Waals surface area contributed by atoms with Crippen LogP contribution in [0.4, 0.5) is 5.69 Å². The molecule has 1 atom stereocenters. The summed E-state index contributed by atoms with van der Waals surface area (Å²) in [5, 5.41) is 3.22. The Bertz CT molecular complexity index is 859. The second-order valence-electron chi connectivity index (χ2n) is 6.11. The molecule has 0 spiro atoms. The first-order valence-corrected chi connectivity index (χ1v) is 8.78. The first-order chi connectivity index (χ1) is 12.8. The standard InChI is InChI=1S/C21H22ClNO4/c1-13-5-7-16(8-6-13)9-10-20(24)27-15(3)21(25)23-18-11-14(2)17(22)12-19(18)26-4/h5-12,15H,1-4H3,(H,23,25)/b10-9+/t15-/m0/s1. The van der Waals surface area contributed by atoms with Crippen LogP contribution in [-0.2, 0) is 14.3 Å². The summed E-state index contributed by atoms with van der Waals surface area (Å²) in [4.78, 5) is 24.3. The van der Waals surface area contributed by atoms with E-state index >= 15 is 0 Å². The van der Waals surface area contributed by atoms with E-state index in [-0.39, 0.29) is 0 Å². The van der Waals surface area contributed by atoms with E-state index in [2.05, 4.69) is 5.32 Å². The van der Waals surface area contributed by atoms with Crippen molar-refractivity contribution < 1.29 is 19.1 Å². The summed E-state index contributed by atoms with van der Waals surface area (Å²) in [5.41, 5.74) is 3.25. The first-order valence-electron chi connectivity index (χ1n) is 8.40. The molecule has 0 aliphatic heterocycles. The Balaban J connectivity index is 1.98. The Morgan fingerprint density at radius 2 is 1.81 bits per heavy atom. The van der Waals surface area contributed by atoms with E-state index in [4.69, 9.17) is 21.1 Å². The molecule has 0 unspecified atom stereocenters. The van der Waals surface area contributed by atoms with Crippen molar-refractivity contribution >= 4 is 35.2 Å². The normalized spacial score (nSPS) is 11.9. The molecule has 0 aromatic heterocycles. The minimum atomic E-state index is -0.971. The number of ether oxygens (including phenoxy) is 2. The molecular weight excluding hydrogens is 366 g/mol. The lowest BCUT2D eigenvalue weighted by molar-refractivity contribution is -0.148. The number of halogens is 1. The topological polar surface area (TPSA) is 64.6 Å². The van der Waals surface area contributed by atoms with Crippen LogP contribution < -0.4 is 10.1 Å². The molecule has 0 saturated heterocycles. The molecule has 0 saturated carbocycles.